The smallest absolute Gasteiger partial charge is 0.352 e. The van der Waals surface area contributed by atoms with Crippen LogP contribution in [-0.4, -0.2) is 50.0 Å². The first-order valence-electron chi connectivity index (χ1n) is 11.9. The largest absolute Gasteiger partial charge is 0.416 e. The molecular formula is C25H28ClF4N3O4S. The minimum absolute atomic E-state index is 0.0517. The van der Waals surface area contributed by atoms with E-state index in [2.05, 4.69) is 5.32 Å². The van der Waals surface area contributed by atoms with Crippen LogP contribution in [0.1, 0.15) is 43.7 Å². The second-order valence-electron chi connectivity index (χ2n) is 9.25. The fourth-order valence-electron chi connectivity index (χ4n) is 4.24. The van der Waals surface area contributed by atoms with Gasteiger partial charge in [0.15, 0.2) is 0 Å². The standard InChI is InChI=1S/C25H28ClF4N3O4S/c1-16(24(35)31-20-5-3-4-6-20)32(14-17-7-10-19(27)11-8-17)23(34)15-33(38(2,36)37)22-13-18(25(28,29)30)9-12-21(22)26/h7-13,16,20H,3-6,14-15H2,1-2H3,(H,31,35). The van der Waals surface area contributed by atoms with Crippen LogP contribution >= 0.6 is 11.6 Å². The highest BCUT2D eigenvalue weighted by Crippen LogP contribution is 2.36. The topological polar surface area (TPSA) is 86.8 Å². The van der Waals surface area contributed by atoms with E-state index in [4.69, 9.17) is 11.6 Å². The van der Waals surface area contributed by atoms with Gasteiger partial charge in [-0.15, -0.1) is 0 Å². The lowest BCUT2D eigenvalue weighted by Crippen LogP contribution is -2.52. The molecule has 1 fully saturated rings. The number of rotatable bonds is 9. The molecule has 1 N–H and O–H groups in total. The molecule has 38 heavy (non-hydrogen) atoms. The number of hydrogen-bond acceptors (Lipinski definition) is 4. The molecule has 3 rings (SSSR count). The highest BCUT2D eigenvalue weighted by atomic mass is 35.5. The number of nitrogens with one attached hydrogen (secondary N) is 1. The van der Waals surface area contributed by atoms with E-state index in [1.807, 2.05) is 0 Å². The molecule has 7 nitrogen and oxygen atoms in total. The number of anilines is 1. The summed E-state index contributed by atoms with van der Waals surface area (Å²) in [5.74, 6) is -1.83. The fourth-order valence-corrected chi connectivity index (χ4v) is 5.36. The van der Waals surface area contributed by atoms with Crippen LogP contribution in [0.25, 0.3) is 0 Å². The van der Waals surface area contributed by atoms with Gasteiger partial charge in [-0.25, -0.2) is 12.8 Å². The van der Waals surface area contributed by atoms with Gasteiger partial charge in [0.05, 0.1) is 22.5 Å². The Bertz CT molecular complexity index is 1270. The Morgan fingerprint density at radius 1 is 1.11 bits per heavy atom. The van der Waals surface area contributed by atoms with Crippen LogP contribution in [0.3, 0.4) is 0 Å². The molecule has 0 heterocycles. The molecule has 2 amide bonds. The van der Waals surface area contributed by atoms with Crippen LogP contribution in [0.15, 0.2) is 42.5 Å². The molecule has 0 aliphatic heterocycles. The Morgan fingerprint density at radius 3 is 2.26 bits per heavy atom. The summed E-state index contributed by atoms with van der Waals surface area (Å²) in [4.78, 5) is 27.6. The first-order valence-corrected chi connectivity index (χ1v) is 14.1. The molecule has 2 aromatic rings. The van der Waals surface area contributed by atoms with E-state index in [-0.39, 0.29) is 17.6 Å². The normalized spacial score (nSPS) is 15.2. The average molecular weight is 578 g/mol. The van der Waals surface area contributed by atoms with Crippen LogP contribution in [0.2, 0.25) is 5.02 Å². The lowest BCUT2D eigenvalue weighted by molar-refractivity contribution is -0.139. The lowest BCUT2D eigenvalue weighted by atomic mass is 10.1. The van der Waals surface area contributed by atoms with Crippen molar-refractivity contribution in [1.82, 2.24) is 10.2 Å². The SMILES string of the molecule is CC(C(=O)NC1CCCC1)N(Cc1ccc(F)cc1)C(=O)CN(c1cc(C(F)(F)F)ccc1Cl)S(C)(=O)=O. The van der Waals surface area contributed by atoms with Gasteiger partial charge in [-0.05, 0) is 55.7 Å². The predicted octanol–water partition coefficient (Wildman–Crippen LogP) is 4.74. The highest BCUT2D eigenvalue weighted by molar-refractivity contribution is 7.92. The van der Waals surface area contributed by atoms with Crippen LogP contribution in [0.5, 0.6) is 0 Å². The maximum absolute atomic E-state index is 13.5. The Kier molecular flexibility index (Phi) is 9.30. The van der Waals surface area contributed by atoms with Gasteiger partial charge in [0.1, 0.15) is 18.4 Å². The van der Waals surface area contributed by atoms with Crippen molar-refractivity contribution >= 4 is 39.1 Å². The Hall–Kier alpha value is -2.86. The number of alkyl halides is 3. The average Bonchev–Trinajstić information content (AvgIpc) is 3.33. The van der Waals surface area contributed by atoms with Crippen molar-refractivity contribution in [2.75, 3.05) is 17.1 Å². The number of benzene rings is 2. The third-order valence-electron chi connectivity index (χ3n) is 6.36. The lowest BCUT2D eigenvalue weighted by Gasteiger charge is -2.32. The van der Waals surface area contributed by atoms with Gasteiger partial charge in [-0.1, -0.05) is 36.6 Å². The van der Waals surface area contributed by atoms with Crippen molar-refractivity contribution in [2.24, 2.45) is 0 Å². The van der Waals surface area contributed by atoms with Crippen molar-refractivity contribution < 1.29 is 35.6 Å². The Morgan fingerprint density at radius 2 is 1.71 bits per heavy atom. The predicted molar refractivity (Wildman–Crippen MR) is 135 cm³/mol. The molecule has 0 saturated heterocycles. The summed E-state index contributed by atoms with van der Waals surface area (Å²) in [5, 5.41) is 2.57. The number of nitrogens with zero attached hydrogens (tertiary/aromatic N) is 2. The molecule has 208 valence electrons. The number of halogens is 5. The van der Waals surface area contributed by atoms with Crippen LogP contribution in [-0.2, 0) is 32.3 Å². The van der Waals surface area contributed by atoms with Crippen LogP contribution < -0.4 is 9.62 Å². The molecule has 1 aliphatic carbocycles. The molecule has 1 unspecified atom stereocenters. The van der Waals surface area contributed by atoms with Gasteiger partial charge >= 0.3 is 6.18 Å². The highest BCUT2D eigenvalue weighted by Gasteiger charge is 2.35. The van der Waals surface area contributed by atoms with E-state index in [1.54, 1.807) is 0 Å². The molecule has 0 spiro atoms. The van der Waals surface area contributed by atoms with Gasteiger partial charge in [0, 0.05) is 12.6 Å². The second-order valence-corrected chi connectivity index (χ2v) is 11.6. The molecule has 1 aliphatic rings. The zero-order chi connectivity index (χ0) is 28.3. The second kappa shape index (κ2) is 11.9. The number of hydrogen-bond donors (Lipinski definition) is 1. The maximum atomic E-state index is 13.5. The zero-order valence-corrected chi connectivity index (χ0v) is 22.3. The zero-order valence-electron chi connectivity index (χ0n) is 20.8. The Balaban J connectivity index is 1.95. The van der Waals surface area contributed by atoms with E-state index in [9.17, 15) is 35.6 Å². The monoisotopic (exact) mass is 577 g/mol. The maximum Gasteiger partial charge on any atom is 0.416 e. The van der Waals surface area contributed by atoms with Crippen LogP contribution in [0.4, 0.5) is 23.2 Å². The quantitative estimate of drug-likeness (QED) is 0.436. The summed E-state index contributed by atoms with van der Waals surface area (Å²) in [6.07, 6.45) is -0.552. The molecule has 2 aromatic carbocycles. The number of sulfonamides is 1. The third kappa shape index (κ3) is 7.59. The van der Waals surface area contributed by atoms with Gasteiger partial charge in [-0.3, -0.25) is 13.9 Å². The number of carbonyl (C=O) groups excluding carboxylic acids is 2. The van der Waals surface area contributed by atoms with Gasteiger partial charge in [0.25, 0.3) is 0 Å². The summed E-state index contributed by atoms with van der Waals surface area (Å²) < 4.78 is 79.1. The van der Waals surface area contributed by atoms with E-state index in [0.29, 0.717) is 22.0 Å². The third-order valence-corrected chi connectivity index (χ3v) is 7.80. The van der Waals surface area contributed by atoms with Gasteiger partial charge < -0.3 is 10.2 Å². The van der Waals surface area contributed by atoms with Crippen molar-refractivity contribution in [3.8, 4) is 0 Å². The van der Waals surface area contributed by atoms with Crippen molar-refractivity contribution in [3.05, 3.63) is 64.4 Å². The minimum Gasteiger partial charge on any atom is -0.352 e. The van der Waals surface area contributed by atoms with E-state index in [1.165, 1.54) is 31.2 Å². The van der Waals surface area contributed by atoms with E-state index in [0.717, 1.165) is 42.9 Å². The van der Waals surface area contributed by atoms with Crippen molar-refractivity contribution in [2.45, 2.75) is 57.4 Å². The van der Waals surface area contributed by atoms with Crippen molar-refractivity contribution in [3.63, 3.8) is 0 Å². The summed E-state index contributed by atoms with van der Waals surface area (Å²) in [7, 11) is -4.29. The summed E-state index contributed by atoms with van der Waals surface area (Å²) in [6.45, 7) is 0.377. The molecular weight excluding hydrogens is 550 g/mol. The van der Waals surface area contributed by atoms with Crippen molar-refractivity contribution in [1.29, 1.82) is 0 Å². The fraction of sp³-hybridized carbons (Fsp3) is 0.440. The Labute approximate surface area is 223 Å². The first-order chi connectivity index (χ1) is 17.7. The molecule has 13 heteroatoms. The minimum atomic E-state index is -4.78. The summed E-state index contributed by atoms with van der Waals surface area (Å²) in [5.41, 5.74) is -1.21. The number of amides is 2. The van der Waals surface area contributed by atoms with E-state index >= 15 is 0 Å². The molecule has 0 radical (unpaired) electrons. The first kappa shape index (κ1) is 29.7. The summed E-state index contributed by atoms with van der Waals surface area (Å²) in [6, 6.07) is 6.21. The van der Waals surface area contributed by atoms with Gasteiger partial charge in [0.2, 0.25) is 21.8 Å². The van der Waals surface area contributed by atoms with E-state index < -0.39 is 57.7 Å². The van der Waals surface area contributed by atoms with Gasteiger partial charge in [-0.2, -0.15) is 13.2 Å². The summed E-state index contributed by atoms with van der Waals surface area (Å²) >= 11 is 6.06. The van der Waals surface area contributed by atoms with Crippen LogP contribution in [0, 0.1) is 5.82 Å². The molecule has 1 saturated carbocycles. The molecule has 0 aromatic heterocycles. The number of carbonyl (C=O) groups is 2. The molecule has 1 atom stereocenters. The molecule has 0 bridgehead atoms.